The van der Waals surface area contributed by atoms with Gasteiger partial charge in [0.2, 0.25) is 11.8 Å². The molecule has 4 aromatic rings. The molecule has 0 N–H and O–H groups in total. The number of imide groups is 1. The van der Waals surface area contributed by atoms with Crippen LogP contribution in [0.1, 0.15) is 28.8 Å². The van der Waals surface area contributed by atoms with Crippen LogP contribution in [0.15, 0.2) is 71.9 Å². The highest BCUT2D eigenvalue weighted by molar-refractivity contribution is 7.98. The first-order valence-corrected chi connectivity index (χ1v) is 12.7. The largest absolute Gasteiger partial charge is 0.279 e. The standard InChI is InChI=1S/C25H20N4O3S2/c1-33-19-7-8-20-21(13-19)34-25(27-20)28(15-16-4-3-11-26-14-16)24(32)17-5-2-6-18(12-17)29-22(30)9-10-23(29)31/h2-8,11-14H,9-10,15H2,1H3. The number of pyridine rings is 1. The number of anilines is 2. The fraction of sp³-hybridized carbons (Fsp3) is 0.160. The van der Waals surface area contributed by atoms with Crippen LogP contribution in [0.25, 0.3) is 10.2 Å². The van der Waals surface area contributed by atoms with Gasteiger partial charge in [-0.15, -0.1) is 11.8 Å². The summed E-state index contributed by atoms with van der Waals surface area (Å²) in [6.07, 6.45) is 5.80. The van der Waals surface area contributed by atoms with Crippen LogP contribution in [-0.4, -0.2) is 33.9 Å². The average molecular weight is 489 g/mol. The van der Waals surface area contributed by atoms with Crippen LogP contribution in [0.5, 0.6) is 0 Å². The third kappa shape index (κ3) is 4.32. The first-order chi connectivity index (χ1) is 16.5. The van der Waals surface area contributed by atoms with Gasteiger partial charge in [-0.2, -0.15) is 0 Å². The minimum Gasteiger partial charge on any atom is -0.279 e. The fourth-order valence-electron chi connectivity index (χ4n) is 3.83. The van der Waals surface area contributed by atoms with E-state index in [-0.39, 0.29) is 37.1 Å². The number of thioether (sulfide) groups is 1. The Morgan fingerprint density at radius 2 is 1.91 bits per heavy atom. The molecule has 0 aliphatic carbocycles. The number of fused-ring (bicyclic) bond motifs is 1. The second-order valence-electron chi connectivity index (χ2n) is 7.76. The topological polar surface area (TPSA) is 83.5 Å². The fourth-order valence-corrected chi connectivity index (χ4v) is 5.35. The van der Waals surface area contributed by atoms with Crippen molar-refractivity contribution in [3.05, 3.63) is 78.1 Å². The number of benzene rings is 2. The lowest BCUT2D eigenvalue weighted by Gasteiger charge is -2.21. The zero-order chi connectivity index (χ0) is 23.7. The third-order valence-electron chi connectivity index (χ3n) is 5.53. The molecule has 2 aromatic heterocycles. The average Bonchev–Trinajstić information content (AvgIpc) is 3.44. The molecule has 1 aliphatic rings. The Bertz CT molecular complexity index is 1390. The summed E-state index contributed by atoms with van der Waals surface area (Å²) in [7, 11) is 0. The van der Waals surface area contributed by atoms with Gasteiger partial charge >= 0.3 is 0 Å². The van der Waals surface area contributed by atoms with Crippen LogP contribution in [0.2, 0.25) is 0 Å². The highest BCUT2D eigenvalue weighted by Crippen LogP contribution is 2.33. The van der Waals surface area contributed by atoms with Crippen molar-refractivity contribution in [1.29, 1.82) is 0 Å². The smallest absolute Gasteiger partial charge is 0.260 e. The predicted octanol–water partition coefficient (Wildman–Crippen LogP) is 4.91. The predicted molar refractivity (Wildman–Crippen MR) is 134 cm³/mol. The van der Waals surface area contributed by atoms with Crippen LogP contribution in [0.4, 0.5) is 10.8 Å². The number of carbonyl (C=O) groups excluding carboxylic acids is 3. The highest BCUT2D eigenvalue weighted by atomic mass is 32.2. The number of thiazole rings is 1. The molecule has 3 heterocycles. The minimum atomic E-state index is -0.269. The molecule has 0 radical (unpaired) electrons. The molecule has 170 valence electrons. The van der Waals surface area contributed by atoms with Crippen LogP contribution >= 0.6 is 23.1 Å². The lowest BCUT2D eigenvalue weighted by atomic mass is 10.1. The van der Waals surface area contributed by atoms with Gasteiger partial charge in [0, 0.05) is 35.7 Å². The van der Waals surface area contributed by atoms with Gasteiger partial charge in [-0.25, -0.2) is 4.98 Å². The van der Waals surface area contributed by atoms with E-state index in [4.69, 9.17) is 4.98 Å². The van der Waals surface area contributed by atoms with Gasteiger partial charge in [-0.1, -0.05) is 23.5 Å². The molecular weight excluding hydrogens is 468 g/mol. The summed E-state index contributed by atoms with van der Waals surface area (Å²) in [4.78, 5) is 51.0. The molecule has 0 atom stereocenters. The molecule has 1 fully saturated rings. The molecule has 0 unspecified atom stereocenters. The minimum absolute atomic E-state index is 0.188. The van der Waals surface area contributed by atoms with Gasteiger partial charge in [-0.05, 0) is 54.3 Å². The Balaban J connectivity index is 1.54. The maximum absolute atomic E-state index is 13.8. The van der Waals surface area contributed by atoms with E-state index in [1.165, 1.54) is 11.3 Å². The van der Waals surface area contributed by atoms with E-state index in [0.717, 1.165) is 25.6 Å². The van der Waals surface area contributed by atoms with Crippen molar-refractivity contribution in [2.75, 3.05) is 16.1 Å². The molecule has 1 saturated heterocycles. The van der Waals surface area contributed by atoms with Crippen molar-refractivity contribution >= 4 is 61.9 Å². The number of nitrogens with zero attached hydrogens (tertiary/aromatic N) is 4. The second kappa shape index (κ2) is 9.36. The van der Waals surface area contributed by atoms with Gasteiger partial charge < -0.3 is 0 Å². The molecule has 5 rings (SSSR count). The molecule has 7 nitrogen and oxygen atoms in total. The van der Waals surface area contributed by atoms with E-state index in [1.807, 2.05) is 30.5 Å². The van der Waals surface area contributed by atoms with E-state index in [2.05, 4.69) is 11.1 Å². The SMILES string of the molecule is CSc1ccc2nc(N(Cc3cccnc3)C(=O)c3cccc(N4C(=O)CCC4=O)c3)sc2c1. The molecule has 34 heavy (non-hydrogen) atoms. The Kier molecular flexibility index (Phi) is 6.12. The second-order valence-corrected chi connectivity index (χ2v) is 9.64. The highest BCUT2D eigenvalue weighted by Gasteiger charge is 2.31. The first-order valence-electron chi connectivity index (χ1n) is 10.6. The summed E-state index contributed by atoms with van der Waals surface area (Å²) in [5, 5.41) is 0.570. The zero-order valence-corrected chi connectivity index (χ0v) is 19.9. The van der Waals surface area contributed by atoms with Crippen molar-refractivity contribution in [2.24, 2.45) is 0 Å². The quantitative estimate of drug-likeness (QED) is 0.283. The van der Waals surface area contributed by atoms with Crippen LogP contribution in [0.3, 0.4) is 0 Å². The summed E-state index contributed by atoms with van der Waals surface area (Å²) < 4.78 is 0.993. The number of hydrogen-bond acceptors (Lipinski definition) is 7. The van der Waals surface area contributed by atoms with Crippen LogP contribution in [0, 0.1) is 0 Å². The summed E-state index contributed by atoms with van der Waals surface area (Å²) in [5.74, 6) is -0.774. The first kappa shape index (κ1) is 22.2. The summed E-state index contributed by atoms with van der Waals surface area (Å²) in [5.41, 5.74) is 2.47. The zero-order valence-electron chi connectivity index (χ0n) is 18.3. The van der Waals surface area contributed by atoms with E-state index >= 15 is 0 Å². The summed E-state index contributed by atoms with van der Waals surface area (Å²) >= 11 is 3.10. The molecule has 3 amide bonds. The van der Waals surface area contributed by atoms with Crippen LogP contribution in [-0.2, 0) is 16.1 Å². The Hall–Kier alpha value is -3.56. The van der Waals surface area contributed by atoms with Gasteiger partial charge in [0.05, 0.1) is 22.4 Å². The lowest BCUT2D eigenvalue weighted by Crippen LogP contribution is -2.31. The molecular formula is C25H20N4O3S2. The maximum Gasteiger partial charge on any atom is 0.260 e. The van der Waals surface area contributed by atoms with E-state index in [0.29, 0.717) is 16.4 Å². The van der Waals surface area contributed by atoms with Crippen molar-refractivity contribution in [3.8, 4) is 0 Å². The number of amides is 3. The van der Waals surface area contributed by atoms with Gasteiger partial charge in [-0.3, -0.25) is 29.2 Å². The van der Waals surface area contributed by atoms with Gasteiger partial charge in [0.15, 0.2) is 5.13 Å². The van der Waals surface area contributed by atoms with Crippen LogP contribution < -0.4 is 9.80 Å². The molecule has 1 aliphatic heterocycles. The number of rotatable bonds is 6. The number of hydrogen-bond donors (Lipinski definition) is 0. The molecule has 9 heteroatoms. The molecule has 2 aromatic carbocycles. The van der Waals surface area contributed by atoms with Crippen molar-refractivity contribution in [2.45, 2.75) is 24.3 Å². The van der Waals surface area contributed by atoms with E-state index < -0.39 is 0 Å². The van der Waals surface area contributed by atoms with Gasteiger partial charge in [0.25, 0.3) is 5.91 Å². The van der Waals surface area contributed by atoms with E-state index in [9.17, 15) is 14.4 Å². The number of carbonyl (C=O) groups is 3. The summed E-state index contributed by atoms with van der Waals surface area (Å²) in [6.45, 7) is 0.285. The third-order valence-corrected chi connectivity index (χ3v) is 7.29. The van der Waals surface area contributed by atoms with Crippen molar-refractivity contribution in [3.63, 3.8) is 0 Å². The Morgan fingerprint density at radius 1 is 1.09 bits per heavy atom. The van der Waals surface area contributed by atoms with Gasteiger partial charge in [0.1, 0.15) is 0 Å². The number of aromatic nitrogens is 2. The Morgan fingerprint density at radius 3 is 2.65 bits per heavy atom. The monoisotopic (exact) mass is 488 g/mol. The van der Waals surface area contributed by atoms with Crippen molar-refractivity contribution in [1.82, 2.24) is 9.97 Å². The van der Waals surface area contributed by atoms with Crippen molar-refractivity contribution < 1.29 is 14.4 Å². The molecule has 0 bridgehead atoms. The molecule has 0 spiro atoms. The normalized spacial score (nSPS) is 13.6. The Labute approximate surface area is 204 Å². The summed E-state index contributed by atoms with van der Waals surface area (Å²) in [6, 6.07) is 16.4. The maximum atomic E-state index is 13.8. The van der Waals surface area contributed by atoms with E-state index in [1.54, 1.807) is 53.3 Å². The molecule has 0 saturated carbocycles. The lowest BCUT2D eigenvalue weighted by molar-refractivity contribution is -0.121.